The predicted octanol–water partition coefficient (Wildman–Crippen LogP) is 7.34. The monoisotopic (exact) mass is 766 g/mol. The Balaban J connectivity index is 0.905. The standard InChI is InChI=1S/C45H50N8O4/c1-26(56-2)41(51-45(55)57-3)44(54)52-20-4-5-37(52)42-48-23-35(50-42)30-12-8-28(9-13-30)29-10-14-31(15-11-29)38-24-49-43-40-33-17-16-32(21-33)39(40)36(25-53(38)43)47-22-27-6-18-34(46)19-7-27/h6-15,18-19,23-26,32-33,37,39-41,47H,4-5,16-17,20-22,46H2,1-3H3,(H,48,50)(H,51,55)/t26-,32?,33?,37+,39-,40+,41+/m1/s1. The molecule has 2 aliphatic carbocycles. The molecule has 9 rings (SSSR count). The minimum absolute atomic E-state index is 0.225. The van der Waals surface area contributed by atoms with Crippen LogP contribution >= 0.6 is 0 Å². The van der Waals surface area contributed by atoms with Crippen LogP contribution in [-0.4, -0.2) is 69.3 Å². The minimum atomic E-state index is -0.877. The first-order valence-corrected chi connectivity index (χ1v) is 20.1. The summed E-state index contributed by atoms with van der Waals surface area (Å²) in [5, 5.41) is 6.48. The molecule has 12 nitrogen and oxygen atoms in total. The average molecular weight is 767 g/mol. The average Bonchev–Trinajstić information content (AvgIpc) is 4.11. The third-order valence-corrected chi connectivity index (χ3v) is 12.9. The lowest BCUT2D eigenvalue weighted by Gasteiger charge is -2.36. The van der Waals surface area contributed by atoms with E-state index in [0.717, 1.165) is 70.5 Å². The molecule has 2 unspecified atom stereocenters. The number of aromatic nitrogens is 4. The molecule has 2 bridgehead atoms. The predicted molar refractivity (Wildman–Crippen MR) is 219 cm³/mol. The maximum absolute atomic E-state index is 13.7. The van der Waals surface area contributed by atoms with Gasteiger partial charge in [0, 0.05) is 55.2 Å². The molecular formula is C45H50N8O4. The second kappa shape index (κ2) is 15.2. The summed E-state index contributed by atoms with van der Waals surface area (Å²) in [4.78, 5) is 40.7. The van der Waals surface area contributed by atoms with Crippen LogP contribution in [0.25, 0.3) is 39.8 Å². The molecule has 4 heterocycles. The molecular weight excluding hydrogens is 717 g/mol. The van der Waals surface area contributed by atoms with Crippen molar-refractivity contribution < 1.29 is 19.1 Å². The molecule has 7 atom stereocenters. The van der Waals surface area contributed by atoms with Gasteiger partial charge in [0.2, 0.25) is 5.91 Å². The highest BCUT2D eigenvalue weighted by molar-refractivity contribution is 5.87. The van der Waals surface area contributed by atoms with E-state index in [2.05, 4.69) is 93.2 Å². The van der Waals surface area contributed by atoms with Gasteiger partial charge < -0.3 is 40.3 Å². The number of hydrogen-bond donors (Lipinski definition) is 4. The summed E-state index contributed by atoms with van der Waals surface area (Å²) in [5.74, 6) is 4.05. The van der Waals surface area contributed by atoms with Gasteiger partial charge in [-0.25, -0.2) is 14.8 Å². The number of amides is 2. The summed E-state index contributed by atoms with van der Waals surface area (Å²) >= 11 is 0. The van der Waals surface area contributed by atoms with Gasteiger partial charge in [-0.1, -0.05) is 60.7 Å². The van der Waals surface area contributed by atoms with Gasteiger partial charge in [-0.05, 0) is 85.3 Å². The molecule has 57 heavy (non-hydrogen) atoms. The van der Waals surface area contributed by atoms with Gasteiger partial charge in [-0.3, -0.25) is 4.79 Å². The van der Waals surface area contributed by atoms with Gasteiger partial charge in [0.05, 0.1) is 43.0 Å². The maximum atomic E-state index is 13.7. The lowest BCUT2D eigenvalue weighted by Crippen LogP contribution is -2.54. The molecule has 0 spiro atoms. The number of nitrogens with zero attached hydrogens (tertiary/aromatic N) is 4. The number of likely N-dealkylation sites (tertiary alicyclic amines) is 1. The molecule has 2 saturated carbocycles. The Bertz CT molecular complexity index is 2280. The van der Waals surface area contributed by atoms with Crippen molar-refractivity contribution >= 4 is 23.9 Å². The van der Waals surface area contributed by atoms with Crippen molar-refractivity contribution in [3.8, 4) is 33.6 Å². The van der Waals surface area contributed by atoms with E-state index in [1.165, 1.54) is 50.6 Å². The molecule has 12 heteroatoms. The number of H-pyrrole nitrogens is 1. The first-order valence-electron chi connectivity index (χ1n) is 20.1. The molecule has 0 radical (unpaired) electrons. The van der Waals surface area contributed by atoms with E-state index >= 15 is 0 Å². The van der Waals surface area contributed by atoms with Crippen LogP contribution in [0.15, 0.2) is 90.9 Å². The topological polar surface area (TPSA) is 152 Å². The van der Waals surface area contributed by atoms with Gasteiger partial charge >= 0.3 is 6.09 Å². The van der Waals surface area contributed by atoms with Crippen LogP contribution < -0.4 is 16.4 Å². The Hall–Kier alpha value is -5.88. The molecule has 2 aliphatic heterocycles. The Morgan fingerprint density at radius 1 is 0.877 bits per heavy atom. The zero-order chi connectivity index (χ0) is 39.2. The van der Waals surface area contributed by atoms with E-state index in [1.807, 2.05) is 18.3 Å². The fourth-order valence-electron chi connectivity index (χ4n) is 9.83. The number of carbonyl (C=O) groups is 2. The zero-order valence-corrected chi connectivity index (χ0v) is 32.7. The van der Waals surface area contributed by atoms with Gasteiger partial charge in [-0.15, -0.1) is 0 Å². The number of methoxy groups -OCH3 is 2. The van der Waals surface area contributed by atoms with Crippen molar-refractivity contribution in [1.82, 2.24) is 35.1 Å². The number of alkyl carbamates (subject to hydrolysis) is 1. The second-order valence-electron chi connectivity index (χ2n) is 16.0. The number of hydrogen-bond acceptors (Lipinski definition) is 8. The van der Waals surface area contributed by atoms with Crippen LogP contribution in [0.5, 0.6) is 0 Å². The second-order valence-corrected chi connectivity index (χ2v) is 16.0. The summed E-state index contributed by atoms with van der Waals surface area (Å²) in [6.07, 6.45) is 10.5. The SMILES string of the molecule is COC(=O)N[C@H](C(=O)N1CCC[C@H]1c1ncc(-c2ccc(-c3ccc(-c4cnc5n4C=C(NCc4ccc(N)cc4)[C@H]4C6CCC(C6)[C@H]54)cc3)cc2)[nH]1)[C@@H](C)OC. The molecule has 5 aromatic rings. The number of imidazole rings is 2. The van der Waals surface area contributed by atoms with E-state index in [1.54, 1.807) is 11.8 Å². The largest absolute Gasteiger partial charge is 0.453 e. The van der Waals surface area contributed by atoms with Crippen LogP contribution in [0.1, 0.15) is 68.2 Å². The zero-order valence-electron chi connectivity index (χ0n) is 32.7. The third-order valence-electron chi connectivity index (χ3n) is 12.9. The number of anilines is 1. The van der Waals surface area contributed by atoms with Gasteiger partial charge in [0.25, 0.3) is 0 Å². The normalized spacial score (nSPS) is 23.0. The smallest absolute Gasteiger partial charge is 0.407 e. The van der Waals surface area contributed by atoms with Gasteiger partial charge in [0.15, 0.2) is 0 Å². The van der Waals surface area contributed by atoms with Gasteiger partial charge in [-0.2, -0.15) is 0 Å². The molecule has 2 amide bonds. The van der Waals surface area contributed by atoms with Crippen molar-refractivity contribution in [3.05, 3.63) is 108 Å². The molecule has 5 N–H and O–H groups in total. The van der Waals surface area contributed by atoms with Crippen LogP contribution in [-0.2, 0) is 20.8 Å². The van der Waals surface area contributed by atoms with E-state index in [9.17, 15) is 9.59 Å². The van der Waals surface area contributed by atoms with Gasteiger partial charge in [0.1, 0.15) is 17.7 Å². The quantitative estimate of drug-likeness (QED) is 0.102. The van der Waals surface area contributed by atoms with Crippen LogP contribution in [0, 0.1) is 17.8 Å². The Morgan fingerprint density at radius 2 is 1.56 bits per heavy atom. The molecule has 3 fully saturated rings. The summed E-state index contributed by atoms with van der Waals surface area (Å²) in [6, 6.07) is 24.2. The molecule has 3 aromatic carbocycles. The maximum Gasteiger partial charge on any atom is 0.407 e. The summed E-state index contributed by atoms with van der Waals surface area (Å²) in [7, 11) is 2.79. The van der Waals surface area contributed by atoms with Crippen molar-refractivity contribution in [2.75, 3.05) is 26.5 Å². The third kappa shape index (κ3) is 6.85. The van der Waals surface area contributed by atoms with Crippen molar-refractivity contribution in [3.63, 3.8) is 0 Å². The Morgan fingerprint density at radius 3 is 2.26 bits per heavy atom. The lowest BCUT2D eigenvalue weighted by molar-refractivity contribution is -0.137. The van der Waals surface area contributed by atoms with Crippen LogP contribution in [0.4, 0.5) is 10.5 Å². The van der Waals surface area contributed by atoms with Crippen molar-refractivity contribution in [2.24, 2.45) is 17.8 Å². The fourth-order valence-corrected chi connectivity index (χ4v) is 9.83. The summed E-state index contributed by atoms with van der Waals surface area (Å²) in [5.41, 5.74) is 15.6. The molecule has 2 aromatic heterocycles. The molecule has 294 valence electrons. The molecule has 1 saturated heterocycles. The van der Waals surface area contributed by atoms with Crippen LogP contribution in [0.3, 0.4) is 0 Å². The number of fused-ring (bicyclic) bond motifs is 7. The van der Waals surface area contributed by atoms with E-state index < -0.39 is 18.2 Å². The number of ether oxygens (including phenoxy) is 2. The molecule has 4 aliphatic rings. The van der Waals surface area contributed by atoms with Crippen molar-refractivity contribution in [2.45, 2.75) is 69.7 Å². The lowest BCUT2D eigenvalue weighted by atomic mass is 9.75. The summed E-state index contributed by atoms with van der Waals surface area (Å²) in [6.45, 7) is 3.09. The first kappa shape index (κ1) is 36.7. The number of nitrogen functional groups attached to an aromatic ring is 1. The number of allylic oxidation sites excluding steroid dienone is 1. The number of benzene rings is 3. The van der Waals surface area contributed by atoms with Crippen molar-refractivity contribution in [1.29, 1.82) is 0 Å². The number of rotatable bonds is 11. The van der Waals surface area contributed by atoms with E-state index in [-0.39, 0.29) is 11.9 Å². The van der Waals surface area contributed by atoms with E-state index in [4.69, 9.17) is 25.2 Å². The fraction of sp³-hybridized carbons (Fsp3) is 0.378. The van der Waals surface area contributed by atoms with E-state index in [0.29, 0.717) is 24.3 Å². The van der Waals surface area contributed by atoms with Crippen LogP contribution in [0.2, 0.25) is 0 Å². The number of nitrogens with one attached hydrogen (secondary N) is 3. The Labute approximate surface area is 332 Å². The number of nitrogens with two attached hydrogens (primary N) is 1. The highest BCUT2D eigenvalue weighted by atomic mass is 16.5. The highest BCUT2D eigenvalue weighted by Gasteiger charge is 2.53. The summed E-state index contributed by atoms with van der Waals surface area (Å²) < 4.78 is 12.5. The Kier molecular flexibility index (Phi) is 9.81. The highest BCUT2D eigenvalue weighted by Crippen LogP contribution is 2.60. The first-order chi connectivity index (χ1) is 27.8. The number of carbonyl (C=O) groups excluding carboxylic acids is 2. The minimum Gasteiger partial charge on any atom is -0.453 e. The number of aromatic amines is 1.